The van der Waals surface area contributed by atoms with Crippen LogP contribution in [0.3, 0.4) is 0 Å². The highest BCUT2D eigenvalue weighted by Crippen LogP contribution is 2.29. The molecule has 2 N–H and O–H groups in total. The number of aliphatic imine (C=N–C) groups is 2. The Bertz CT molecular complexity index is 875. The van der Waals surface area contributed by atoms with E-state index in [1.807, 2.05) is 30.3 Å². The molecule has 7 nitrogen and oxygen atoms in total. The topological polar surface area (TPSA) is 84.3 Å². The SMILES string of the molecule is C=N/C(=C\C(=N/C)Nc1ccc(OC)c(NC=O)c1)c1ccccc1OC. The quantitative estimate of drug-likeness (QED) is 0.426. The molecule has 0 aromatic heterocycles. The number of methoxy groups -OCH3 is 2. The maximum Gasteiger partial charge on any atom is 0.211 e. The van der Waals surface area contributed by atoms with Gasteiger partial charge in [-0.15, -0.1) is 0 Å². The molecule has 7 heteroatoms. The first kappa shape index (κ1) is 19.7. The second-order valence-corrected chi connectivity index (χ2v) is 5.30. The van der Waals surface area contributed by atoms with E-state index in [2.05, 4.69) is 27.3 Å². The van der Waals surface area contributed by atoms with Crippen LogP contribution in [0.25, 0.3) is 5.70 Å². The molecule has 2 aromatic rings. The number of hydrogen-bond acceptors (Lipinski definition) is 5. The molecule has 2 rings (SSSR count). The summed E-state index contributed by atoms with van der Waals surface area (Å²) in [7, 11) is 4.80. The molecule has 0 saturated carbocycles. The normalized spacial score (nSPS) is 11.5. The number of carbonyl (C=O) groups is 1. The predicted molar refractivity (Wildman–Crippen MR) is 110 cm³/mol. The Hall–Kier alpha value is -3.61. The lowest BCUT2D eigenvalue weighted by Crippen LogP contribution is -2.10. The van der Waals surface area contributed by atoms with Crippen molar-refractivity contribution >= 4 is 36.0 Å². The number of para-hydroxylation sites is 1. The fraction of sp³-hybridized carbons (Fsp3) is 0.150. The van der Waals surface area contributed by atoms with Gasteiger partial charge in [0.1, 0.15) is 17.3 Å². The van der Waals surface area contributed by atoms with Crippen LogP contribution in [0.15, 0.2) is 58.5 Å². The van der Waals surface area contributed by atoms with Crippen LogP contribution in [0.2, 0.25) is 0 Å². The molecule has 0 bridgehead atoms. The Morgan fingerprint density at radius 3 is 2.48 bits per heavy atom. The number of amidine groups is 1. The second-order valence-electron chi connectivity index (χ2n) is 5.30. The van der Waals surface area contributed by atoms with Gasteiger partial charge in [-0.25, -0.2) is 0 Å². The zero-order valence-corrected chi connectivity index (χ0v) is 15.5. The molecule has 0 atom stereocenters. The molecule has 0 radical (unpaired) electrons. The monoisotopic (exact) mass is 366 g/mol. The summed E-state index contributed by atoms with van der Waals surface area (Å²) in [5.74, 6) is 1.81. The molecule has 0 unspecified atom stereocenters. The summed E-state index contributed by atoms with van der Waals surface area (Å²) in [5.41, 5.74) is 2.68. The van der Waals surface area contributed by atoms with Crippen molar-refractivity contribution in [3.63, 3.8) is 0 Å². The third-order valence-electron chi connectivity index (χ3n) is 3.75. The van der Waals surface area contributed by atoms with Gasteiger partial charge in [-0.1, -0.05) is 12.1 Å². The number of nitrogens with zero attached hydrogens (tertiary/aromatic N) is 2. The maximum absolute atomic E-state index is 10.8. The number of anilines is 2. The minimum Gasteiger partial charge on any atom is -0.496 e. The van der Waals surface area contributed by atoms with Gasteiger partial charge in [-0.3, -0.25) is 14.8 Å². The molecule has 140 valence electrons. The lowest BCUT2D eigenvalue weighted by Gasteiger charge is -2.12. The van der Waals surface area contributed by atoms with Gasteiger partial charge in [0.2, 0.25) is 6.41 Å². The van der Waals surface area contributed by atoms with E-state index in [1.54, 1.807) is 32.4 Å². The van der Waals surface area contributed by atoms with Crippen LogP contribution >= 0.6 is 0 Å². The fourth-order valence-electron chi connectivity index (χ4n) is 2.46. The zero-order chi connectivity index (χ0) is 19.6. The summed E-state index contributed by atoms with van der Waals surface area (Å²) >= 11 is 0. The zero-order valence-electron chi connectivity index (χ0n) is 15.5. The molecular weight excluding hydrogens is 344 g/mol. The molecule has 0 aliphatic rings. The molecule has 0 heterocycles. The highest BCUT2D eigenvalue weighted by Gasteiger charge is 2.09. The van der Waals surface area contributed by atoms with Crippen LogP contribution < -0.4 is 20.1 Å². The van der Waals surface area contributed by atoms with E-state index in [9.17, 15) is 4.79 Å². The Labute approximate surface area is 158 Å². The fourth-order valence-corrected chi connectivity index (χ4v) is 2.46. The number of carbonyl (C=O) groups excluding carboxylic acids is 1. The summed E-state index contributed by atoms with van der Waals surface area (Å²) in [5, 5.41) is 5.79. The third kappa shape index (κ3) is 4.94. The van der Waals surface area contributed by atoms with Gasteiger partial charge in [0, 0.05) is 24.4 Å². The van der Waals surface area contributed by atoms with E-state index in [-0.39, 0.29) is 0 Å². The van der Waals surface area contributed by atoms with Gasteiger partial charge in [0.25, 0.3) is 0 Å². The van der Waals surface area contributed by atoms with Crippen molar-refractivity contribution in [2.45, 2.75) is 0 Å². The largest absolute Gasteiger partial charge is 0.496 e. The Morgan fingerprint density at radius 1 is 1.11 bits per heavy atom. The Kier molecular flexibility index (Phi) is 7.13. The standard InChI is InChI=1S/C20H22N4O3/c1-21-16(15-7-5-6-8-18(15)26-3)12-20(22-2)24-14-9-10-19(27-4)17(11-14)23-13-25/h5-13H,1H2,2-4H3,(H,22,24)(H,23,25)/b16-12-. The van der Waals surface area contributed by atoms with Gasteiger partial charge in [0.05, 0.1) is 25.6 Å². The van der Waals surface area contributed by atoms with E-state index in [0.29, 0.717) is 35.1 Å². The van der Waals surface area contributed by atoms with E-state index < -0.39 is 0 Å². The van der Waals surface area contributed by atoms with Crippen LogP contribution in [0.4, 0.5) is 11.4 Å². The molecule has 0 fully saturated rings. The van der Waals surface area contributed by atoms with Crippen LogP contribution in [0, 0.1) is 0 Å². The smallest absolute Gasteiger partial charge is 0.211 e. The van der Waals surface area contributed by atoms with Crippen molar-refractivity contribution in [2.75, 3.05) is 31.9 Å². The highest BCUT2D eigenvalue weighted by atomic mass is 16.5. The average Bonchev–Trinajstić information content (AvgIpc) is 2.71. The lowest BCUT2D eigenvalue weighted by atomic mass is 10.1. The first-order chi connectivity index (χ1) is 13.2. The van der Waals surface area contributed by atoms with Gasteiger partial charge in [-0.2, -0.15) is 0 Å². The second kappa shape index (κ2) is 9.76. The molecule has 0 aliphatic heterocycles. The van der Waals surface area contributed by atoms with Crippen molar-refractivity contribution in [1.29, 1.82) is 0 Å². The van der Waals surface area contributed by atoms with Crippen LogP contribution in [0.5, 0.6) is 11.5 Å². The predicted octanol–water partition coefficient (Wildman–Crippen LogP) is 3.45. The summed E-state index contributed by atoms with van der Waals surface area (Å²) in [6, 6.07) is 12.8. The Morgan fingerprint density at radius 2 is 1.85 bits per heavy atom. The Balaban J connectivity index is 2.34. The minimum atomic E-state index is 0.545. The van der Waals surface area contributed by atoms with Crippen molar-refractivity contribution in [3.8, 4) is 11.5 Å². The summed E-state index contributed by atoms with van der Waals surface area (Å²) < 4.78 is 10.6. The van der Waals surface area contributed by atoms with Crippen LogP contribution in [-0.4, -0.2) is 40.2 Å². The summed E-state index contributed by atoms with van der Waals surface area (Å²) in [6.07, 6.45) is 2.36. The van der Waals surface area contributed by atoms with E-state index in [1.165, 1.54) is 7.11 Å². The van der Waals surface area contributed by atoms with Crippen molar-refractivity contribution in [2.24, 2.45) is 9.98 Å². The third-order valence-corrected chi connectivity index (χ3v) is 3.75. The summed E-state index contributed by atoms with van der Waals surface area (Å²) in [6.45, 7) is 3.65. The number of nitrogens with one attached hydrogen (secondary N) is 2. The molecule has 0 saturated heterocycles. The molecule has 0 aliphatic carbocycles. The number of ether oxygens (including phenoxy) is 2. The molecule has 2 aromatic carbocycles. The molecule has 0 spiro atoms. The number of hydrogen-bond donors (Lipinski definition) is 2. The van der Waals surface area contributed by atoms with Crippen molar-refractivity contribution in [1.82, 2.24) is 0 Å². The van der Waals surface area contributed by atoms with Crippen molar-refractivity contribution in [3.05, 3.63) is 54.1 Å². The molecular formula is C20H22N4O3. The molecule has 27 heavy (non-hydrogen) atoms. The van der Waals surface area contributed by atoms with Gasteiger partial charge < -0.3 is 20.1 Å². The van der Waals surface area contributed by atoms with E-state index in [4.69, 9.17) is 9.47 Å². The van der Waals surface area contributed by atoms with E-state index >= 15 is 0 Å². The first-order valence-electron chi connectivity index (χ1n) is 8.10. The van der Waals surface area contributed by atoms with E-state index in [0.717, 1.165) is 11.3 Å². The van der Waals surface area contributed by atoms with Gasteiger partial charge in [0.15, 0.2) is 0 Å². The lowest BCUT2D eigenvalue weighted by molar-refractivity contribution is -0.105. The maximum atomic E-state index is 10.8. The average molecular weight is 366 g/mol. The van der Waals surface area contributed by atoms with Crippen molar-refractivity contribution < 1.29 is 14.3 Å². The number of amides is 1. The number of benzene rings is 2. The molecule has 1 amide bonds. The van der Waals surface area contributed by atoms with Gasteiger partial charge in [-0.05, 0) is 37.0 Å². The minimum absolute atomic E-state index is 0.545. The number of rotatable bonds is 8. The van der Waals surface area contributed by atoms with Crippen LogP contribution in [0.1, 0.15) is 5.56 Å². The first-order valence-corrected chi connectivity index (χ1v) is 8.10. The highest BCUT2D eigenvalue weighted by molar-refractivity contribution is 6.08. The summed E-state index contributed by atoms with van der Waals surface area (Å²) in [4.78, 5) is 19.1. The van der Waals surface area contributed by atoms with Crippen LogP contribution in [-0.2, 0) is 4.79 Å². The van der Waals surface area contributed by atoms with Gasteiger partial charge >= 0.3 is 0 Å².